The van der Waals surface area contributed by atoms with Crippen molar-refractivity contribution in [3.05, 3.63) is 24.3 Å². The SMILES string of the molecule is CCCCCCCCCC/C=C\CCCCCCCCCCCCCCCCCCCCCCCC(=O)NC(COC1OC(CO)C(OC2OC(CO)C(OC3OC(CO)C(O)C(O)C3O)C(O)C2O)C(O)C1O)C(O)/C=C/CCCCCCCCCCCCCCCCCCCCCCCCCCCCCCCCC. The van der Waals surface area contributed by atoms with Gasteiger partial charge in [-0.2, -0.15) is 0 Å². The van der Waals surface area contributed by atoms with Gasteiger partial charge in [0.1, 0.15) is 73.2 Å². The van der Waals surface area contributed by atoms with Gasteiger partial charge < -0.3 is 89.9 Å². The molecule has 0 bridgehead atoms. The monoisotopic (exact) mass is 1580 g/mol. The number of carbonyl (C=O) groups is 1. The maximum absolute atomic E-state index is 13.5. The van der Waals surface area contributed by atoms with Crippen LogP contribution < -0.4 is 5.32 Å². The number of carbonyl (C=O) groups excluding carboxylic acids is 1. The number of rotatable bonds is 78. The van der Waals surface area contributed by atoms with Gasteiger partial charge in [0.15, 0.2) is 18.9 Å². The molecule has 0 aliphatic carbocycles. The lowest BCUT2D eigenvalue weighted by Gasteiger charge is -2.48. The summed E-state index contributed by atoms with van der Waals surface area (Å²) in [4.78, 5) is 13.5. The lowest BCUT2D eigenvalue weighted by molar-refractivity contribution is -0.379. The molecule has 17 unspecified atom stereocenters. The fourth-order valence-electron chi connectivity index (χ4n) is 16.3. The third-order valence-corrected chi connectivity index (χ3v) is 23.7. The first-order chi connectivity index (χ1) is 54.3. The van der Waals surface area contributed by atoms with Gasteiger partial charge in [0.2, 0.25) is 5.91 Å². The summed E-state index contributed by atoms with van der Waals surface area (Å²) in [6, 6.07) is -0.973. The number of nitrogens with one attached hydrogen (secondary N) is 1. The zero-order valence-corrected chi connectivity index (χ0v) is 71.0. The van der Waals surface area contributed by atoms with E-state index in [-0.39, 0.29) is 18.9 Å². The van der Waals surface area contributed by atoms with Crippen molar-refractivity contribution in [2.24, 2.45) is 0 Å². The lowest BCUT2D eigenvalue weighted by atomic mass is 9.96. The quantitative estimate of drug-likeness (QED) is 0.0199. The normalized spacial score (nSPS) is 25.1. The Morgan fingerprint density at radius 3 is 0.874 bits per heavy atom. The largest absolute Gasteiger partial charge is 0.394 e. The maximum Gasteiger partial charge on any atom is 0.220 e. The van der Waals surface area contributed by atoms with Crippen LogP contribution in [-0.2, 0) is 33.2 Å². The van der Waals surface area contributed by atoms with E-state index < -0.39 is 124 Å². The molecule has 3 heterocycles. The number of aliphatic hydroxyl groups is 11. The van der Waals surface area contributed by atoms with Gasteiger partial charge in [0.05, 0.1) is 38.6 Å². The van der Waals surface area contributed by atoms with E-state index in [9.17, 15) is 61.0 Å². The number of allylic oxidation sites excluding steroid dienone is 3. The topological polar surface area (TPSA) is 307 Å². The van der Waals surface area contributed by atoms with Gasteiger partial charge in [-0.05, 0) is 44.9 Å². The second-order valence-electron chi connectivity index (χ2n) is 33.8. The van der Waals surface area contributed by atoms with Crippen molar-refractivity contribution < 1.29 is 89.4 Å². The van der Waals surface area contributed by atoms with Gasteiger partial charge in [-0.1, -0.05) is 398 Å². The van der Waals surface area contributed by atoms with E-state index in [4.69, 9.17) is 28.4 Å². The van der Waals surface area contributed by atoms with Crippen LogP contribution in [0, 0.1) is 0 Å². The first kappa shape index (κ1) is 103. The van der Waals surface area contributed by atoms with Crippen LogP contribution in [0.1, 0.15) is 425 Å². The van der Waals surface area contributed by atoms with Crippen LogP contribution in [0.2, 0.25) is 0 Å². The molecule has 19 heteroatoms. The summed E-state index contributed by atoms with van der Waals surface area (Å²) < 4.78 is 34.6. The Kier molecular flexibility index (Phi) is 67.4. The van der Waals surface area contributed by atoms with E-state index in [1.54, 1.807) is 6.08 Å². The van der Waals surface area contributed by atoms with Crippen LogP contribution in [-0.4, -0.2) is 193 Å². The van der Waals surface area contributed by atoms with E-state index in [1.165, 1.54) is 353 Å². The lowest BCUT2D eigenvalue weighted by Crippen LogP contribution is -2.66. The van der Waals surface area contributed by atoms with Crippen molar-refractivity contribution in [3.8, 4) is 0 Å². The second kappa shape index (κ2) is 72.3. The Morgan fingerprint density at radius 1 is 0.315 bits per heavy atom. The van der Waals surface area contributed by atoms with Gasteiger partial charge >= 0.3 is 0 Å². The first-order valence-corrected chi connectivity index (χ1v) is 47.1. The Hall–Kier alpha value is -1.73. The third kappa shape index (κ3) is 50.7. The van der Waals surface area contributed by atoms with E-state index in [2.05, 4.69) is 31.3 Å². The summed E-state index contributed by atoms with van der Waals surface area (Å²) in [5.74, 6) is -0.265. The van der Waals surface area contributed by atoms with Crippen LogP contribution in [0.15, 0.2) is 24.3 Å². The summed E-state index contributed by atoms with van der Waals surface area (Å²) in [5.41, 5.74) is 0. The predicted octanol–water partition coefficient (Wildman–Crippen LogP) is 18.4. The van der Waals surface area contributed by atoms with Crippen molar-refractivity contribution in [2.75, 3.05) is 26.4 Å². The number of unbranched alkanes of at least 4 members (excludes halogenated alkanes) is 60. The van der Waals surface area contributed by atoms with E-state index in [1.807, 2.05) is 6.08 Å². The minimum atomic E-state index is -1.98. The van der Waals surface area contributed by atoms with Crippen molar-refractivity contribution in [1.29, 1.82) is 0 Å². The molecule has 0 aromatic heterocycles. The molecule has 1 amide bonds. The van der Waals surface area contributed by atoms with Gasteiger partial charge in [-0.15, -0.1) is 0 Å². The maximum atomic E-state index is 13.5. The molecule has 111 heavy (non-hydrogen) atoms. The molecule has 17 atom stereocenters. The molecule has 3 rings (SSSR count). The molecule has 12 N–H and O–H groups in total. The number of hydrogen-bond acceptors (Lipinski definition) is 18. The highest BCUT2D eigenvalue weighted by Crippen LogP contribution is 2.34. The molecule has 0 spiro atoms. The smallest absolute Gasteiger partial charge is 0.220 e. The van der Waals surface area contributed by atoms with E-state index in [0.717, 1.165) is 44.9 Å². The summed E-state index contributed by atoms with van der Waals surface area (Å²) in [6.45, 7) is 1.82. The highest BCUT2D eigenvalue weighted by Gasteiger charge is 2.54. The van der Waals surface area contributed by atoms with E-state index in [0.29, 0.717) is 6.42 Å². The predicted molar refractivity (Wildman–Crippen MR) is 448 cm³/mol. The van der Waals surface area contributed by atoms with Crippen molar-refractivity contribution in [1.82, 2.24) is 5.32 Å². The van der Waals surface area contributed by atoms with Crippen LogP contribution in [0.5, 0.6) is 0 Å². The van der Waals surface area contributed by atoms with Gasteiger partial charge in [-0.25, -0.2) is 0 Å². The molecule has 3 aliphatic rings. The van der Waals surface area contributed by atoms with Gasteiger partial charge in [0, 0.05) is 6.42 Å². The minimum Gasteiger partial charge on any atom is -0.394 e. The molecule has 3 saturated heterocycles. The molecule has 0 saturated carbocycles. The fraction of sp³-hybridized carbons (Fsp3) is 0.946. The molecule has 19 nitrogen and oxygen atoms in total. The molecule has 3 aliphatic heterocycles. The molecule has 0 aromatic carbocycles. The number of aliphatic hydroxyl groups excluding tert-OH is 11. The fourth-order valence-corrected chi connectivity index (χ4v) is 16.3. The Morgan fingerprint density at radius 2 is 0.568 bits per heavy atom. The molecular formula is C92H175NO18. The van der Waals surface area contributed by atoms with Crippen molar-refractivity contribution in [2.45, 2.75) is 529 Å². The molecular weight excluding hydrogens is 1410 g/mol. The van der Waals surface area contributed by atoms with Gasteiger partial charge in [0.25, 0.3) is 0 Å². The first-order valence-electron chi connectivity index (χ1n) is 47.1. The standard InChI is InChI=1S/C92H175NO18/c1-3-5-7-9-11-13-15-17-19-21-23-25-27-29-31-33-35-37-39-41-43-45-47-49-51-53-55-57-59-61-63-65-67-69-76(97)75(74-106-90-86(104)83(101)88(78(72-95)108-90)111-92-87(105)84(102)89(79(73-96)109-92)110-91-85(103)82(100)81(99)77(71-94)107-91)93-80(98)70-68-66-64-62-60-58-56-54-52-50-48-46-44-42-40-38-36-34-32-30-28-26-24-22-20-18-16-14-12-10-8-6-4-2/h22,24,67,69,75-79,81-92,94-97,99-105H,3-21,23,25-66,68,70-74H2,1-2H3,(H,93,98)/b24-22-,69-67+. The number of ether oxygens (including phenoxy) is 6. The van der Waals surface area contributed by atoms with Gasteiger partial charge in [-0.3, -0.25) is 4.79 Å². The molecule has 0 radical (unpaired) electrons. The summed E-state index contributed by atoms with van der Waals surface area (Å²) >= 11 is 0. The Bertz CT molecular complexity index is 2090. The van der Waals surface area contributed by atoms with Crippen LogP contribution in [0.3, 0.4) is 0 Å². The Balaban J connectivity index is 1.31. The van der Waals surface area contributed by atoms with Crippen LogP contribution in [0.25, 0.3) is 0 Å². The van der Waals surface area contributed by atoms with Crippen LogP contribution in [0.4, 0.5) is 0 Å². The zero-order chi connectivity index (χ0) is 80.3. The zero-order valence-electron chi connectivity index (χ0n) is 71.0. The van der Waals surface area contributed by atoms with Crippen molar-refractivity contribution >= 4 is 5.91 Å². The highest BCUT2D eigenvalue weighted by atomic mass is 16.8. The highest BCUT2D eigenvalue weighted by molar-refractivity contribution is 5.76. The molecule has 3 fully saturated rings. The average molecular weight is 1580 g/mol. The summed E-state index contributed by atoms with van der Waals surface area (Å²) in [6.07, 6.45) is 64.9. The van der Waals surface area contributed by atoms with Crippen molar-refractivity contribution in [3.63, 3.8) is 0 Å². The molecule has 0 aromatic rings. The Labute approximate surface area is 677 Å². The minimum absolute atomic E-state index is 0.249. The second-order valence-corrected chi connectivity index (χ2v) is 33.8. The third-order valence-electron chi connectivity index (χ3n) is 23.7. The van der Waals surface area contributed by atoms with E-state index >= 15 is 0 Å². The van der Waals surface area contributed by atoms with Crippen LogP contribution >= 0.6 is 0 Å². The summed E-state index contributed by atoms with van der Waals surface area (Å²) in [5, 5.41) is 121. The average Bonchev–Trinajstić information content (AvgIpc) is 0.780. The number of hydrogen-bond donors (Lipinski definition) is 12. The number of amides is 1. The molecule has 656 valence electrons. The summed E-state index contributed by atoms with van der Waals surface area (Å²) in [7, 11) is 0.